The van der Waals surface area contributed by atoms with E-state index in [0.717, 1.165) is 21.7 Å². The lowest BCUT2D eigenvalue weighted by molar-refractivity contribution is -0.122. The molecular weight excluding hydrogens is 420 g/mol. The molecule has 0 saturated carbocycles. The largest absolute Gasteiger partial charge is 0.497 e. The number of aromatic nitrogens is 2. The fourth-order valence-electron chi connectivity index (χ4n) is 2.99. The molecule has 0 aliphatic rings. The first-order valence-electron chi connectivity index (χ1n) is 9.50. The maximum Gasteiger partial charge on any atom is 0.246 e. The average Bonchev–Trinajstić information content (AvgIpc) is 3.21. The number of carbonyl (C=O) groups excluding carboxylic acids is 1. The molecule has 1 amide bonds. The Balaban J connectivity index is 1.69. The van der Waals surface area contributed by atoms with Gasteiger partial charge in [-0.1, -0.05) is 22.9 Å². The molecule has 1 atom stereocenters. The van der Waals surface area contributed by atoms with Gasteiger partial charge in [-0.15, -0.1) is 0 Å². The third kappa shape index (κ3) is 5.40. The van der Waals surface area contributed by atoms with Crippen molar-refractivity contribution in [2.75, 3.05) is 17.7 Å². The van der Waals surface area contributed by atoms with Crippen LogP contribution in [0.5, 0.6) is 5.75 Å². The van der Waals surface area contributed by atoms with Gasteiger partial charge >= 0.3 is 0 Å². The molecule has 1 aromatic heterocycles. The summed E-state index contributed by atoms with van der Waals surface area (Å²) in [5, 5.41) is 6.56. The van der Waals surface area contributed by atoms with Crippen molar-refractivity contribution in [1.82, 2.24) is 15.5 Å². The SMILES string of the molecule is COc1ccc(-c2noc(CNC(=O)C(C)N(c3ccc(C)cc3)S(C)(=O)=O)n2)cc1. The Hall–Kier alpha value is -3.40. The van der Waals surface area contributed by atoms with Gasteiger partial charge in [-0.2, -0.15) is 4.98 Å². The highest BCUT2D eigenvalue weighted by molar-refractivity contribution is 7.92. The number of hydrogen-bond acceptors (Lipinski definition) is 7. The van der Waals surface area contributed by atoms with Crippen LogP contribution in [0.3, 0.4) is 0 Å². The van der Waals surface area contributed by atoms with Crippen LogP contribution >= 0.6 is 0 Å². The maximum absolute atomic E-state index is 12.7. The number of hydrogen-bond donors (Lipinski definition) is 1. The van der Waals surface area contributed by atoms with E-state index in [2.05, 4.69) is 15.5 Å². The average molecular weight is 445 g/mol. The first-order chi connectivity index (χ1) is 14.7. The Morgan fingerprint density at radius 3 is 2.39 bits per heavy atom. The monoisotopic (exact) mass is 444 g/mol. The number of nitrogens with zero attached hydrogens (tertiary/aromatic N) is 3. The van der Waals surface area contributed by atoms with Gasteiger partial charge in [0.25, 0.3) is 0 Å². The lowest BCUT2D eigenvalue weighted by Gasteiger charge is -2.28. The number of nitrogens with one attached hydrogen (secondary N) is 1. The standard InChI is InChI=1S/C21H24N4O5S/c1-14-5-9-17(10-6-14)25(31(4,27)28)15(2)21(26)22-13-19-23-20(24-30-19)16-7-11-18(29-3)12-8-16/h5-12,15H,13H2,1-4H3,(H,22,26). The number of rotatable bonds is 8. The Morgan fingerprint density at radius 1 is 1.16 bits per heavy atom. The summed E-state index contributed by atoms with van der Waals surface area (Å²) < 4.78 is 36.1. The number of ether oxygens (including phenoxy) is 1. The number of anilines is 1. The van der Waals surface area contributed by atoms with E-state index in [1.165, 1.54) is 6.92 Å². The Morgan fingerprint density at radius 2 is 1.81 bits per heavy atom. The van der Waals surface area contributed by atoms with Crippen LogP contribution in [0.15, 0.2) is 53.1 Å². The quantitative estimate of drug-likeness (QED) is 0.568. The molecule has 9 nitrogen and oxygen atoms in total. The molecule has 3 aromatic rings. The number of aryl methyl sites for hydroxylation is 1. The summed E-state index contributed by atoms with van der Waals surface area (Å²) >= 11 is 0. The van der Waals surface area contributed by atoms with E-state index < -0.39 is 22.0 Å². The van der Waals surface area contributed by atoms with Crippen molar-refractivity contribution in [3.05, 3.63) is 60.0 Å². The number of amides is 1. The van der Waals surface area contributed by atoms with Crippen molar-refractivity contribution in [3.63, 3.8) is 0 Å². The molecule has 0 aliphatic heterocycles. The van der Waals surface area contributed by atoms with Gasteiger partial charge in [0.1, 0.15) is 11.8 Å². The van der Waals surface area contributed by atoms with Crippen LogP contribution in [0.1, 0.15) is 18.4 Å². The first-order valence-corrected chi connectivity index (χ1v) is 11.3. The summed E-state index contributed by atoms with van der Waals surface area (Å²) in [5.74, 6) is 0.790. The van der Waals surface area contributed by atoms with Crippen molar-refractivity contribution in [1.29, 1.82) is 0 Å². The molecule has 2 aromatic carbocycles. The fourth-order valence-corrected chi connectivity index (χ4v) is 4.17. The summed E-state index contributed by atoms with van der Waals surface area (Å²) in [4.78, 5) is 16.9. The van der Waals surface area contributed by atoms with Crippen molar-refractivity contribution in [3.8, 4) is 17.1 Å². The summed E-state index contributed by atoms with van der Waals surface area (Å²) in [7, 11) is -2.11. The third-order valence-corrected chi connectivity index (χ3v) is 5.85. The Labute approximate surface area is 181 Å². The van der Waals surface area contributed by atoms with Crippen LogP contribution < -0.4 is 14.4 Å². The normalized spacial score (nSPS) is 12.3. The molecule has 3 rings (SSSR count). The van der Waals surface area contributed by atoms with Crippen molar-refractivity contribution in [2.24, 2.45) is 0 Å². The molecular formula is C21H24N4O5S. The van der Waals surface area contributed by atoms with Crippen LogP contribution in [0.2, 0.25) is 0 Å². The molecule has 31 heavy (non-hydrogen) atoms. The van der Waals surface area contributed by atoms with Gasteiger partial charge in [-0.25, -0.2) is 8.42 Å². The molecule has 0 saturated heterocycles. The summed E-state index contributed by atoms with van der Waals surface area (Å²) in [6, 6.07) is 13.1. The minimum atomic E-state index is -3.68. The van der Waals surface area contributed by atoms with E-state index in [1.807, 2.05) is 6.92 Å². The van der Waals surface area contributed by atoms with Gasteiger partial charge in [-0.05, 0) is 50.2 Å². The molecule has 1 unspecified atom stereocenters. The minimum Gasteiger partial charge on any atom is -0.497 e. The van der Waals surface area contributed by atoms with Crippen molar-refractivity contribution < 1.29 is 22.5 Å². The van der Waals surface area contributed by atoms with Crippen LogP contribution in [0.25, 0.3) is 11.4 Å². The molecule has 1 heterocycles. The summed E-state index contributed by atoms with van der Waals surface area (Å²) in [6.07, 6.45) is 1.07. The molecule has 0 radical (unpaired) electrons. The van der Waals surface area contributed by atoms with Gasteiger partial charge in [0.15, 0.2) is 0 Å². The van der Waals surface area contributed by atoms with E-state index in [4.69, 9.17) is 9.26 Å². The number of sulfonamides is 1. The molecule has 10 heteroatoms. The highest BCUT2D eigenvalue weighted by atomic mass is 32.2. The fraction of sp³-hybridized carbons (Fsp3) is 0.286. The molecule has 0 fully saturated rings. The number of benzene rings is 2. The third-order valence-electron chi connectivity index (χ3n) is 4.61. The van der Waals surface area contributed by atoms with Crippen molar-refractivity contribution >= 4 is 21.6 Å². The van der Waals surface area contributed by atoms with E-state index in [0.29, 0.717) is 17.3 Å². The van der Waals surface area contributed by atoms with Gasteiger partial charge in [0.2, 0.25) is 27.6 Å². The van der Waals surface area contributed by atoms with Gasteiger partial charge in [0, 0.05) is 5.56 Å². The van der Waals surface area contributed by atoms with Crippen LogP contribution in [0.4, 0.5) is 5.69 Å². The van der Waals surface area contributed by atoms with E-state index in [1.54, 1.807) is 55.6 Å². The zero-order chi connectivity index (χ0) is 22.6. The molecule has 0 bridgehead atoms. The predicted molar refractivity (Wildman–Crippen MR) is 116 cm³/mol. The predicted octanol–water partition coefficient (Wildman–Crippen LogP) is 2.52. The van der Waals surface area contributed by atoms with E-state index in [9.17, 15) is 13.2 Å². The van der Waals surface area contributed by atoms with Gasteiger partial charge < -0.3 is 14.6 Å². The molecule has 0 aliphatic carbocycles. The van der Waals surface area contributed by atoms with Crippen LogP contribution in [-0.4, -0.2) is 43.9 Å². The summed E-state index contributed by atoms with van der Waals surface area (Å²) in [6.45, 7) is 3.39. The Kier molecular flexibility index (Phi) is 6.59. The highest BCUT2D eigenvalue weighted by Gasteiger charge is 2.29. The zero-order valence-corrected chi connectivity index (χ0v) is 18.5. The molecule has 0 spiro atoms. The molecule has 1 N–H and O–H groups in total. The second-order valence-electron chi connectivity index (χ2n) is 7.03. The maximum atomic E-state index is 12.7. The van der Waals surface area contributed by atoms with Gasteiger partial charge in [0.05, 0.1) is 25.6 Å². The summed E-state index contributed by atoms with van der Waals surface area (Å²) in [5.41, 5.74) is 2.13. The highest BCUT2D eigenvalue weighted by Crippen LogP contribution is 2.22. The number of methoxy groups -OCH3 is 1. The smallest absolute Gasteiger partial charge is 0.246 e. The second-order valence-corrected chi connectivity index (χ2v) is 8.89. The zero-order valence-electron chi connectivity index (χ0n) is 17.7. The van der Waals surface area contributed by atoms with Crippen LogP contribution in [-0.2, 0) is 21.4 Å². The van der Waals surface area contributed by atoms with Gasteiger partial charge in [-0.3, -0.25) is 9.10 Å². The van der Waals surface area contributed by atoms with E-state index >= 15 is 0 Å². The van der Waals surface area contributed by atoms with E-state index in [-0.39, 0.29) is 12.4 Å². The topological polar surface area (TPSA) is 115 Å². The molecule has 164 valence electrons. The lowest BCUT2D eigenvalue weighted by Crippen LogP contribution is -2.47. The van der Waals surface area contributed by atoms with Crippen LogP contribution in [0, 0.1) is 6.92 Å². The van der Waals surface area contributed by atoms with Crippen molar-refractivity contribution in [2.45, 2.75) is 26.4 Å². The Bertz CT molecular complexity index is 1140. The second kappa shape index (κ2) is 9.17. The minimum absolute atomic E-state index is 0.0299. The first kappa shape index (κ1) is 22.3. The lowest BCUT2D eigenvalue weighted by atomic mass is 10.2. The number of carbonyl (C=O) groups is 1.